The summed E-state index contributed by atoms with van der Waals surface area (Å²) in [6.45, 7) is 5.68. The van der Waals surface area contributed by atoms with Gasteiger partial charge in [0.25, 0.3) is 0 Å². The lowest BCUT2D eigenvalue weighted by atomic mass is 10.1. The summed E-state index contributed by atoms with van der Waals surface area (Å²) in [5.74, 6) is -0.160. The van der Waals surface area contributed by atoms with E-state index >= 15 is 4.39 Å². The van der Waals surface area contributed by atoms with Gasteiger partial charge in [0.15, 0.2) is 0 Å². The minimum atomic E-state index is -4.53. The molecule has 0 radical (unpaired) electrons. The van der Waals surface area contributed by atoms with E-state index in [9.17, 15) is 13.2 Å². The summed E-state index contributed by atoms with van der Waals surface area (Å²) in [4.78, 5) is 10.6. The summed E-state index contributed by atoms with van der Waals surface area (Å²) in [5, 5.41) is 6.67. The lowest BCUT2D eigenvalue weighted by Gasteiger charge is -2.24. The second-order valence-corrected chi connectivity index (χ2v) is 8.10. The molecular weight excluding hydrogens is 474 g/mol. The summed E-state index contributed by atoms with van der Waals surface area (Å²) < 4.78 is 60.2. The van der Waals surface area contributed by atoms with Crippen LogP contribution in [0.25, 0.3) is 22.3 Å². The fraction of sp³-hybridized carbons (Fsp3) is 0.261. The predicted octanol–water partition coefficient (Wildman–Crippen LogP) is 6.78. The van der Waals surface area contributed by atoms with Crippen molar-refractivity contribution in [1.82, 2.24) is 20.2 Å². The molecule has 0 spiro atoms. The molecule has 1 N–H and O–H groups in total. The van der Waals surface area contributed by atoms with Crippen molar-refractivity contribution in [3.8, 4) is 17.0 Å². The van der Waals surface area contributed by atoms with Crippen LogP contribution in [0.2, 0.25) is 5.02 Å². The molecule has 0 atom stereocenters. The second-order valence-electron chi connectivity index (χ2n) is 7.69. The van der Waals surface area contributed by atoms with Gasteiger partial charge >= 0.3 is 6.18 Å². The van der Waals surface area contributed by atoms with Gasteiger partial charge in [-0.05, 0) is 51.1 Å². The average molecular weight is 494 g/mol. The number of ether oxygens (including phenoxy) is 1. The van der Waals surface area contributed by atoms with Crippen LogP contribution in [0.5, 0.6) is 5.75 Å². The SMILES string of the molecule is CCN(c1nc(-c2c(F)cccc2OC(C)C)c2[nH]ncc2n1)c1ccc(C(F)(F)F)cc1Cl. The van der Waals surface area contributed by atoms with Crippen LogP contribution in [0.15, 0.2) is 42.6 Å². The van der Waals surface area contributed by atoms with Gasteiger partial charge in [0.2, 0.25) is 5.95 Å². The van der Waals surface area contributed by atoms with Crippen LogP contribution in [0.3, 0.4) is 0 Å². The molecule has 0 aliphatic carbocycles. The largest absolute Gasteiger partial charge is 0.490 e. The Hall–Kier alpha value is -3.40. The summed E-state index contributed by atoms with van der Waals surface area (Å²) in [6.07, 6.45) is -3.30. The molecule has 2 aromatic carbocycles. The highest BCUT2D eigenvalue weighted by Crippen LogP contribution is 2.39. The summed E-state index contributed by atoms with van der Waals surface area (Å²) >= 11 is 6.22. The maximum atomic E-state index is 15.1. The van der Waals surface area contributed by atoms with E-state index < -0.39 is 17.6 Å². The first kappa shape index (κ1) is 23.7. The van der Waals surface area contributed by atoms with Crippen LogP contribution in [0.1, 0.15) is 26.3 Å². The Bertz CT molecular complexity index is 1340. The second kappa shape index (κ2) is 9.09. The van der Waals surface area contributed by atoms with Crippen molar-refractivity contribution in [3.63, 3.8) is 0 Å². The molecule has 34 heavy (non-hydrogen) atoms. The number of hydrogen-bond acceptors (Lipinski definition) is 5. The van der Waals surface area contributed by atoms with E-state index in [0.29, 0.717) is 11.0 Å². The molecule has 0 saturated carbocycles. The fourth-order valence-electron chi connectivity index (χ4n) is 3.54. The van der Waals surface area contributed by atoms with Crippen molar-refractivity contribution in [2.75, 3.05) is 11.4 Å². The van der Waals surface area contributed by atoms with Crippen molar-refractivity contribution in [2.45, 2.75) is 33.1 Å². The number of hydrogen-bond donors (Lipinski definition) is 1. The number of H-pyrrole nitrogens is 1. The molecule has 4 rings (SSSR count). The van der Waals surface area contributed by atoms with Crippen LogP contribution < -0.4 is 9.64 Å². The molecule has 2 heterocycles. The quantitative estimate of drug-likeness (QED) is 0.300. The first-order chi connectivity index (χ1) is 16.1. The summed E-state index contributed by atoms with van der Waals surface area (Å²) in [6, 6.07) is 7.50. The van der Waals surface area contributed by atoms with E-state index in [2.05, 4.69) is 20.2 Å². The van der Waals surface area contributed by atoms with Crippen molar-refractivity contribution in [1.29, 1.82) is 0 Å². The Balaban J connectivity index is 1.90. The van der Waals surface area contributed by atoms with E-state index in [-0.39, 0.29) is 46.3 Å². The lowest BCUT2D eigenvalue weighted by molar-refractivity contribution is -0.137. The van der Waals surface area contributed by atoms with Gasteiger partial charge in [-0.3, -0.25) is 5.10 Å². The fourth-order valence-corrected chi connectivity index (χ4v) is 3.82. The molecule has 11 heteroatoms. The van der Waals surface area contributed by atoms with E-state index in [1.54, 1.807) is 17.9 Å². The Morgan fingerprint density at radius 2 is 1.91 bits per heavy atom. The van der Waals surface area contributed by atoms with Gasteiger partial charge in [0.1, 0.15) is 28.3 Å². The van der Waals surface area contributed by atoms with Gasteiger partial charge in [-0.2, -0.15) is 18.3 Å². The van der Waals surface area contributed by atoms with Crippen LogP contribution in [-0.4, -0.2) is 32.8 Å². The van der Waals surface area contributed by atoms with Crippen molar-refractivity contribution in [3.05, 3.63) is 59.0 Å². The molecule has 0 aliphatic rings. The van der Waals surface area contributed by atoms with Crippen LogP contribution >= 0.6 is 11.6 Å². The molecule has 178 valence electrons. The lowest BCUT2D eigenvalue weighted by Crippen LogP contribution is -2.20. The van der Waals surface area contributed by atoms with Gasteiger partial charge < -0.3 is 9.64 Å². The molecule has 0 saturated heterocycles. The number of benzene rings is 2. The highest BCUT2D eigenvalue weighted by molar-refractivity contribution is 6.33. The van der Waals surface area contributed by atoms with Gasteiger partial charge in [-0.15, -0.1) is 0 Å². The van der Waals surface area contributed by atoms with Gasteiger partial charge in [-0.1, -0.05) is 17.7 Å². The van der Waals surface area contributed by atoms with E-state index in [4.69, 9.17) is 16.3 Å². The average Bonchev–Trinajstić information content (AvgIpc) is 3.23. The number of rotatable bonds is 6. The number of halogens is 5. The molecule has 0 amide bonds. The van der Waals surface area contributed by atoms with Gasteiger partial charge in [0, 0.05) is 6.54 Å². The molecule has 0 bridgehead atoms. The maximum Gasteiger partial charge on any atom is 0.416 e. The van der Waals surface area contributed by atoms with Crippen molar-refractivity contribution < 1.29 is 22.3 Å². The predicted molar refractivity (Wildman–Crippen MR) is 122 cm³/mol. The zero-order valence-electron chi connectivity index (χ0n) is 18.4. The maximum absolute atomic E-state index is 15.1. The molecule has 0 fully saturated rings. The summed E-state index contributed by atoms with van der Waals surface area (Å²) in [5.41, 5.74) is 0.498. The van der Waals surface area contributed by atoms with Crippen LogP contribution in [0.4, 0.5) is 29.2 Å². The Kier molecular flexibility index (Phi) is 6.35. The van der Waals surface area contributed by atoms with Crippen LogP contribution in [0, 0.1) is 5.82 Å². The van der Waals surface area contributed by atoms with E-state index in [1.807, 2.05) is 13.8 Å². The molecule has 0 aliphatic heterocycles. The number of alkyl halides is 3. The van der Waals surface area contributed by atoms with Crippen molar-refractivity contribution in [2.24, 2.45) is 0 Å². The highest BCUT2D eigenvalue weighted by atomic mass is 35.5. The Morgan fingerprint density at radius 3 is 2.56 bits per heavy atom. The normalized spacial score (nSPS) is 11.9. The topological polar surface area (TPSA) is 66.9 Å². The summed E-state index contributed by atoms with van der Waals surface area (Å²) in [7, 11) is 0. The minimum absolute atomic E-state index is 0.115. The van der Waals surface area contributed by atoms with E-state index in [0.717, 1.165) is 12.1 Å². The van der Waals surface area contributed by atoms with Crippen molar-refractivity contribution >= 4 is 34.3 Å². The van der Waals surface area contributed by atoms with Gasteiger partial charge in [-0.25, -0.2) is 14.4 Å². The number of fused-ring (bicyclic) bond motifs is 1. The third kappa shape index (κ3) is 4.50. The number of anilines is 2. The molecule has 6 nitrogen and oxygen atoms in total. The zero-order chi connectivity index (χ0) is 24.6. The first-order valence-electron chi connectivity index (χ1n) is 10.4. The Labute approximate surface area is 197 Å². The minimum Gasteiger partial charge on any atom is -0.490 e. The standard InChI is InChI=1S/C23H20ClF4N5O/c1-4-33(17-9-8-13(10-14(17)24)23(26,27)28)22-30-16-11-29-32-20(16)21(31-22)19-15(25)6-5-7-18(19)34-12(2)3/h5-12H,4H2,1-3H3,(H,29,32). The number of aromatic amines is 1. The first-order valence-corrected chi connectivity index (χ1v) is 10.8. The zero-order valence-corrected chi connectivity index (χ0v) is 19.2. The van der Waals surface area contributed by atoms with Crippen LogP contribution in [-0.2, 0) is 6.18 Å². The third-order valence-electron chi connectivity index (χ3n) is 4.99. The number of nitrogens with zero attached hydrogens (tertiary/aromatic N) is 4. The highest BCUT2D eigenvalue weighted by Gasteiger charge is 2.31. The van der Waals surface area contributed by atoms with Gasteiger partial charge in [0.05, 0.1) is 34.1 Å². The monoisotopic (exact) mass is 493 g/mol. The van der Waals surface area contributed by atoms with E-state index in [1.165, 1.54) is 24.4 Å². The Morgan fingerprint density at radius 1 is 1.15 bits per heavy atom. The number of nitrogens with one attached hydrogen (secondary N) is 1. The smallest absolute Gasteiger partial charge is 0.416 e. The molecule has 4 aromatic rings. The molecule has 0 unspecified atom stereocenters. The number of aromatic nitrogens is 4. The molecule has 2 aromatic heterocycles. The third-order valence-corrected chi connectivity index (χ3v) is 5.29. The molecular formula is C23H20ClF4N5O.